The molecule has 5 nitrogen and oxygen atoms in total. The number of ether oxygens (including phenoxy) is 2. The van der Waals surface area contributed by atoms with Crippen LogP contribution in [0, 0.1) is 0 Å². The Hall–Kier alpha value is -1.30. The van der Waals surface area contributed by atoms with Crippen molar-refractivity contribution in [1.82, 2.24) is 9.80 Å². The zero-order valence-corrected chi connectivity index (χ0v) is 12.6. The highest BCUT2D eigenvalue weighted by molar-refractivity contribution is 5.38. The van der Waals surface area contributed by atoms with E-state index in [1.807, 2.05) is 6.07 Å². The summed E-state index contributed by atoms with van der Waals surface area (Å²) in [6.07, 6.45) is 0. The highest BCUT2D eigenvalue weighted by Gasteiger charge is 2.24. The van der Waals surface area contributed by atoms with E-state index in [2.05, 4.69) is 29.0 Å². The summed E-state index contributed by atoms with van der Waals surface area (Å²) in [5.74, 6) is 1.66. The molecule has 1 aliphatic heterocycles. The van der Waals surface area contributed by atoms with Crippen LogP contribution in [-0.2, 0) is 6.54 Å². The Balaban J connectivity index is 2.12. The molecule has 20 heavy (non-hydrogen) atoms. The number of nitrogens with two attached hydrogens (primary N) is 1. The monoisotopic (exact) mass is 279 g/mol. The molecule has 1 aromatic rings. The van der Waals surface area contributed by atoms with Crippen molar-refractivity contribution in [3.8, 4) is 11.5 Å². The third-order valence-corrected chi connectivity index (χ3v) is 3.88. The maximum absolute atomic E-state index is 5.90. The Morgan fingerprint density at radius 3 is 2.35 bits per heavy atom. The fourth-order valence-corrected chi connectivity index (χ4v) is 2.67. The summed E-state index contributed by atoms with van der Waals surface area (Å²) in [6.45, 7) is 4.71. The van der Waals surface area contributed by atoms with Crippen molar-refractivity contribution in [2.75, 3.05) is 47.4 Å². The van der Waals surface area contributed by atoms with Gasteiger partial charge in [0.05, 0.1) is 14.2 Å². The highest BCUT2D eigenvalue weighted by atomic mass is 16.5. The van der Waals surface area contributed by atoms with Crippen molar-refractivity contribution in [1.29, 1.82) is 0 Å². The molecular weight excluding hydrogens is 254 g/mol. The molecule has 1 aromatic carbocycles. The molecule has 1 unspecified atom stereocenters. The summed E-state index contributed by atoms with van der Waals surface area (Å²) in [7, 11) is 5.50. The number of nitrogens with zero attached hydrogens (tertiary/aromatic N) is 2. The Labute approximate surface area is 121 Å². The zero-order valence-electron chi connectivity index (χ0n) is 12.6. The summed E-state index contributed by atoms with van der Waals surface area (Å²) in [5, 5.41) is 0. The molecule has 1 heterocycles. The summed E-state index contributed by atoms with van der Waals surface area (Å²) in [6, 6.07) is 6.43. The van der Waals surface area contributed by atoms with E-state index in [1.54, 1.807) is 14.2 Å². The van der Waals surface area contributed by atoms with Crippen LogP contribution in [-0.4, -0.2) is 63.3 Å². The van der Waals surface area contributed by atoms with Crippen molar-refractivity contribution in [2.24, 2.45) is 5.73 Å². The number of likely N-dealkylation sites (N-methyl/N-ethyl adjacent to an activating group) is 1. The van der Waals surface area contributed by atoms with Gasteiger partial charge in [-0.05, 0) is 24.7 Å². The van der Waals surface area contributed by atoms with Gasteiger partial charge in [-0.2, -0.15) is 0 Å². The minimum absolute atomic E-state index is 0.408. The molecule has 5 heteroatoms. The van der Waals surface area contributed by atoms with Gasteiger partial charge in [0.15, 0.2) is 0 Å². The Kier molecular flexibility index (Phi) is 5.23. The first-order valence-electron chi connectivity index (χ1n) is 7.01. The van der Waals surface area contributed by atoms with Gasteiger partial charge in [0, 0.05) is 44.8 Å². The van der Waals surface area contributed by atoms with Crippen LogP contribution in [0.4, 0.5) is 0 Å². The van der Waals surface area contributed by atoms with Gasteiger partial charge in [-0.3, -0.25) is 4.90 Å². The number of hydrogen-bond acceptors (Lipinski definition) is 5. The second kappa shape index (κ2) is 6.92. The normalized spacial score (nSPS) is 20.9. The van der Waals surface area contributed by atoms with E-state index in [9.17, 15) is 0 Å². The first-order valence-corrected chi connectivity index (χ1v) is 7.01. The van der Waals surface area contributed by atoms with E-state index in [-0.39, 0.29) is 0 Å². The molecule has 0 aliphatic carbocycles. The second-order valence-corrected chi connectivity index (χ2v) is 5.34. The third-order valence-electron chi connectivity index (χ3n) is 3.88. The van der Waals surface area contributed by atoms with Gasteiger partial charge < -0.3 is 20.1 Å². The predicted octanol–water partition coefficient (Wildman–Crippen LogP) is 0.779. The Morgan fingerprint density at radius 1 is 1.15 bits per heavy atom. The van der Waals surface area contributed by atoms with Crippen LogP contribution in [0.25, 0.3) is 0 Å². The molecule has 0 bridgehead atoms. The lowest BCUT2D eigenvalue weighted by Crippen LogP contribution is -2.54. The van der Waals surface area contributed by atoms with E-state index in [1.165, 1.54) is 5.56 Å². The maximum Gasteiger partial charge on any atom is 0.122 e. The first kappa shape index (κ1) is 15.1. The average Bonchev–Trinajstić information content (AvgIpc) is 2.48. The predicted molar refractivity (Wildman–Crippen MR) is 80.3 cm³/mol. The molecule has 2 N–H and O–H groups in total. The maximum atomic E-state index is 5.90. The Morgan fingerprint density at radius 2 is 1.80 bits per heavy atom. The van der Waals surface area contributed by atoms with Crippen LogP contribution in [0.5, 0.6) is 11.5 Å². The van der Waals surface area contributed by atoms with Crippen LogP contribution < -0.4 is 15.2 Å². The summed E-state index contributed by atoms with van der Waals surface area (Å²) < 4.78 is 10.7. The number of benzene rings is 1. The van der Waals surface area contributed by atoms with E-state index in [0.717, 1.165) is 37.7 Å². The molecule has 1 atom stereocenters. The van der Waals surface area contributed by atoms with Crippen LogP contribution in [0.15, 0.2) is 18.2 Å². The van der Waals surface area contributed by atoms with E-state index in [4.69, 9.17) is 15.2 Å². The van der Waals surface area contributed by atoms with E-state index >= 15 is 0 Å². The molecule has 1 fully saturated rings. The third kappa shape index (κ3) is 3.62. The van der Waals surface area contributed by atoms with Crippen LogP contribution in [0.2, 0.25) is 0 Å². The van der Waals surface area contributed by atoms with Crippen LogP contribution in [0.3, 0.4) is 0 Å². The Bertz CT molecular complexity index is 417. The molecule has 0 radical (unpaired) electrons. The standard InChI is InChI=1S/C15H25N3O2/c1-17-4-5-18(13(9-16)11-17)10-12-6-14(19-2)8-15(7-12)20-3/h6-8,13H,4-5,9-11,16H2,1-3H3. The first-order chi connectivity index (χ1) is 9.66. The van der Waals surface area contributed by atoms with E-state index < -0.39 is 0 Å². The van der Waals surface area contributed by atoms with Gasteiger partial charge in [0.2, 0.25) is 0 Å². The number of hydrogen-bond donors (Lipinski definition) is 1. The lowest BCUT2D eigenvalue weighted by atomic mass is 10.1. The number of methoxy groups -OCH3 is 2. The number of rotatable bonds is 5. The molecule has 0 amide bonds. The molecule has 0 spiro atoms. The van der Waals surface area contributed by atoms with Crippen molar-refractivity contribution < 1.29 is 9.47 Å². The fraction of sp³-hybridized carbons (Fsp3) is 0.600. The van der Waals surface area contributed by atoms with Gasteiger partial charge in [0.25, 0.3) is 0 Å². The van der Waals surface area contributed by atoms with Gasteiger partial charge in [-0.1, -0.05) is 0 Å². The minimum atomic E-state index is 0.408. The SMILES string of the molecule is COc1cc(CN2CCN(C)CC2CN)cc(OC)c1. The zero-order chi connectivity index (χ0) is 14.5. The van der Waals surface area contributed by atoms with Gasteiger partial charge in [0.1, 0.15) is 11.5 Å². The van der Waals surface area contributed by atoms with Gasteiger partial charge in [-0.25, -0.2) is 0 Å². The van der Waals surface area contributed by atoms with Crippen molar-refractivity contribution >= 4 is 0 Å². The quantitative estimate of drug-likeness (QED) is 0.863. The molecule has 1 saturated heterocycles. The van der Waals surface area contributed by atoms with Gasteiger partial charge >= 0.3 is 0 Å². The van der Waals surface area contributed by atoms with E-state index in [0.29, 0.717) is 12.6 Å². The average molecular weight is 279 g/mol. The largest absolute Gasteiger partial charge is 0.497 e. The smallest absolute Gasteiger partial charge is 0.122 e. The molecule has 2 rings (SSSR count). The van der Waals surface area contributed by atoms with Gasteiger partial charge in [-0.15, -0.1) is 0 Å². The summed E-state index contributed by atoms with van der Waals surface area (Å²) in [4.78, 5) is 4.77. The lowest BCUT2D eigenvalue weighted by Gasteiger charge is -2.39. The summed E-state index contributed by atoms with van der Waals surface area (Å²) >= 11 is 0. The molecule has 0 aromatic heterocycles. The van der Waals surface area contributed by atoms with Crippen molar-refractivity contribution in [3.63, 3.8) is 0 Å². The van der Waals surface area contributed by atoms with Crippen molar-refractivity contribution in [3.05, 3.63) is 23.8 Å². The number of piperazine rings is 1. The fourth-order valence-electron chi connectivity index (χ4n) is 2.67. The van der Waals surface area contributed by atoms with Crippen LogP contribution in [0.1, 0.15) is 5.56 Å². The van der Waals surface area contributed by atoms with Crippen molar-refractivity contribution in [2.45, 2.75) is 12.6 Å². The lowest BCUT2D eigenvalue weighted by molar-refractivity contribution is 0.0880. The topological polar surface area (TPSA) is 51.0 Å². The molecule has 0 saturated carbocycles. The van der Waals surface area contributed by atoms with Crippen LogP contribution >= 0.6 is 0 Å². The molecule has 112 valence electrons. The highest BCUT2D eigenvalue weighted by Crippen LogP contribution is 2.24. The molecule has 1 aliphatic rings. The second-order valence-electron chi connectivity index (χ2n) is 5.34. The molecular formula is C15H25N3O2. The minimum Gasteiger partial charge on any atom is -0.497 e. The summed E-state index contributed by atoms with van der Waals surface area (Å²) in [5.41, 5.74) is 7.10.